The molecule has 0 bridgehead atoms. The van der Waals surface area contributed by atoms with Crippen LogP contribution in [0.15, 0.2) is 46.9 Å². The van der Waals surface area contributed by atoms with Gasteiger partial charge in [0.25, 0.3) is 0 Å². The number of nitrogens with one attached hydrogen (secondary N) is 1. The van der Waals surface area contributed by atoms with Crippen molar-refractivity contribution in [2.75, 3.05) is 5.32 Å². The first-order chi connectivity index (χ1) is 7.66. The summed E-state index contributed by atoms with van der Waals surface area (Å²) < 4.78 is 14.2. The molecular formula is C13H11BrFN. The molecule has 0 aliphatic heterocycles. The summed E-state index contributed by atoms with van der Waals surface area (Å²) in [6.07, 6.45) is 0. The second-order valence-corrected chi connectivity index (χ2v) is 4.44. The van der Waals surface area contributed by atoms with Crippen LogP contribution in [0.3, 0.4) is 0 Å². The molecule has 0 fully saturated rings. The standard InChI is InChI=1S/C13H11BrFN/c1-9-5-7-10(8-6-9)16-13-11(14)3-2-4-12(13)15/h2-8,16H,1H3. The molecule has 0 heterocycles. The number of aryl methyl sites for hydroxylation is 1. The van der Waals surface area contributed by atoms with Crippen molar-refractivity contribution in [2.24, 2.45) is 0 Å². The summed E-state index contributed by atoms with van der Waals surface area (Å²) in [5.41, 5.74) is 2.51. The van der Waals surface area contributed by atoms with E-state index in [4.69, 9.17) is 0 Å². The van der Waals surface area contributed by atoms with Crippen molar-refractivity contribution in [2.45, 2.75) is 6.92 Å². The molecule has 0 atom stereocenters. The molecule has 0 aliphatic carbocycles. The molecular weight excluding hydrogens is 269 g/mol. The molecule has 82 valence electrons. The molecule has 0 radical (unpaired) electrons. The lowest BCUT2D eigenvalue weighted by atomic mass is 10.2. The van der Waals surface area contributed by atoms with Gasteiger partial charge in [-0.15, -0.1) is 0 Å². The molecule has 0 aliphatic rings. The lowest BCUT2D eigenvalue weighted by molar-refractivity contribution is 0.631. The van der Waals surface area contributed by atoms with Crippen molar-refractivity contribution in [3.05, 3.63) is 58.3 Å². The van der Waals surface area contributed by atoms with Crippen LogP contribution in [0.2, 0.25) is 0 Å². The number of halogens is 2. The molecule has 3 heteroatoms. The molecule has 0 amide bonds. The van der Waals surface area contributed by atoms with Crippen molar-refractivity contribution < 1.29 is 4.39 Å². The van der Waals surface area contributed by atoms with Crippen LogP contribution in [0.1, 0.15) is 5.56 Å². The Morgan fingerprint density at radius 1 is 1.06 bits per heavy atom. The van der Waals surface area contributed by atoms with Gasteiger partial charge in [-0.2, -0.15) is 0 Å². The molecule has 2 aromatic carbocycles. The van der Waals surface area contributed by atoms with Gasteiger partial charge >= 0.3 is 0 Å². The molecule has 1 N–H and O–H groups in total. The normalized spacial score (nSPS) is 10.2. The van der Waals surface area contributed by atoms with E-state index in [0.717, 1.165) is 5.69 Å². The van der Waals surface area contributed by atoms with Gasteiger partial charge in [0, 0.05) is 10.2 Å². The highest BCUT2D eigenvalue weighted by Gasteiger charge is 2.05. The number of hydrogen-bond donors (Lipinski definition) is 1. The first-order valence-corrected chi connectivity index (χ1v) is 5.74. The van der Waals surface area contributed by atoms with Gasteiger partial charge in [-0.3, -0.25) is 0 Å². The topological polar surface area (TPSA) is 12.0 Å². The molecule has 2 aromatic rings. The fourth-order valence-electron chi connectivity index (χ4n) is 1.40. The Balaban J connectivity index is 2.30. The largest absolute Gasteiger partial charge is 0.352 e. The maximum atomic E-state index is 13.5. The van der Waals surface area contributed by atoms with Crippen molar-refractivity contribution in [3.63, 3.8) is 0 Å². The summed E-state index contributed by atoms with van der Waals surface area (Å²) in [6, 6.07) is 12.7. The van der Waals surface area contributed by atoms with E-state index >= 15 is 0 Å². The highest BCUT2D eigenvalue weighted by molar-refractivity contribution is 9.10. The predicted octanol–water partition coefficient (Wildman–Crippen LogP) is 4.64. The lowest BCUT2D eigenvalue weighted by Gasteiger charge is -2.09. The Kier molecular flexibility index (Phi) is 3.25. The zero-order valence-corrected chi connectivity index (χ0v) is 10.4. The fourth-order valence-corrected chi connectivity index (χ4v) is 1.84. The zero-order chi connectivity index (χ0) is 11.5. The number of hydrogen-bond acceptors (Lipinski definition) is 1. The fraction of sp³-hybridized carbons (Fsp3) is 0.0769. The zero-order valence-electron chi connectivity index (χ0n) is 8.80. The molecule has 0 saturated heterocycles. The van der Waals surface area contributed by atoms with Crippen molar-refractivity contribution >= 4 is 27.3 Å². The van der Waals surface area contributed by atoms with Gasteiger partial charge < -0.3 is 5.32 Å². The molecule has 16 heavy (non-hydrogen) atoms. The van der Waals surface area contributed by atoms with Gasteiger partial charge in [0.05, 0.1) is 5.69 Å². The van der Waals surface area contributed by atoms with Gasteiger partial charge in [0.15, 0.2) is 0 Å². The average Bonchev–Trinajstić information content (AvgIpc) is 2.26. The monoisotopic (exact) mass is 279 g/mol. The summed E-state index contributed by atoms with van der Waals surface area (Å²) in [5, 5.41) is 3.05. The Bertz CT molecular complexity index is 474. The van der Waals surface area contributed by atoms with Crippen molar-refractivity contribution in [3.8, 4) is 0 Å². The molecule has 1 nitrogen and oxygen atoms in total. The summed E-state index contributed by atoms with van der Waals surface area (Å²) in [5.74, 6) is -0.269. The van der Waals surface area contributed by atoms with E-state index in [1.165, 1.54) is 11.6 Å². The number of anilines is 2. The van der Waals surface area contributed by atoms with Crippen LogP contribution in [-0.4, -0.2) is 0 Å². The summed E-state index contributed by atoms with van der Waals surface area (Å²) in [6.45, 7) is 2.02. The molecule has 0 aromatic heterocycles. The second-order valence-electron chi connectivity index (χ2n) is 3.59. The maximum absolute atomic E-state index is 13.5. The van der Waals surface area contributed by atoms with Gasteiger partial charge in [-0.25, -0.2) is 4.39 Å². The van der Waals surface area contributed by atoms with Crippen LogP contribution in [0, 0.1) is 12.7 Å². The summed E-state index contributed by atoms with van der Waals surface area (Å²) in [4.78, 5) is 0. The molecule has 0 unspecified atom stereocenters. The third kappa shape index (κ3) is 2.42. The predicted molar refractivity (Wildman–Crippen MR) is 68.6 cm³/mol. The lowest BCUT2D eigenvalue weighted by Crippen LogP contribution is -1.94. The van der Waals surface area contributed by atoms with Gasteiger partial charge in [-0.1, -0.05) is 23.8 Å². The first kappa shape index (κ1) is 11.1. The Hall–Kier alpha value is -1.35. The van der Waals surface area contributed by atoms with Crippen LogP contribution in [0.5, 0.6) is 0 Å². The number of para-hydroxylation sites is 1. The van der Waals surface area contributed by atoms with E-state index in [2.05, 4.69) is 21.2 Å². The van der Waals surface area contributed by atoms with Crippen LogP contribution in [-0.2, 0) is 0 Å². The van der Waals surface area contributed by atoms with Crippen LogP contribution in [0.4, 0.5) is 15.8 Å². The number of benzene rings is 2. The van der Waals surface area contributed by atoms with E-state index in [0.29, 0.717) is 10.2 Å². The minimum Gasteiger partial charge on any atom is -0.352 e. The van der Waals surface area contributed by atoms with Crippen LogP contribution < -0.4 is 5.32 Å². The summed E-state index contributed by atoms with van der Waals surface area (Å²) in [7, 11) is 0. The van der Waals surface area contributed by atoms with E-state index in [-0.39, 0.29) is 5.82 Å². The Morgan fingerprint density at radius 3 is 2.38 bits per heavy atom. The highest BCUT2D eigenvalue weighted by Crippen LogP contribution is 2.28. The summed E-state index contributed by atoms with van der Waals surface area (Å²) >= 11 is 3.32. The van der Waals surface area contributed by atoms with Crippen LogP contribution in [0.25, 0.3) is 0 Å². The van der Waals surface area contributed by atoms with E-state index in [1.807, 2.05) is 31.2 Å². The van der Waals surface area contributed by atoms with E-state index in [9.17, 15) is 4.39 Å². The minimum absolute atomic E-state index is 0.269. The third-order valence-electron chi connectivity index (χ3n) is 2.28. The van der Waals surface area contributed by atoms with Crippen LogP contribution >= 0.6 is 15.9 Å². The minimum atomic E-state index is -0.269. The van der Waals surface area contributed by atoms with Gasteiger partial charge in [0.1, 0.15) is 5.82 Å². The molecule has 2 rings (SSSR count). The second kappa shape index (κ2) is 4.66. The highest BCUT2D eigenvalue weighted by atomic mass is 79.9. The maximum Gasteiger partial charge on any atom is 0.147 e. The smallest absolute Gasteiger partial charge is 0.147 e. The Labute approximate surface area is 102 Å². The molecule has 0 spiro atoms. The van der Waals surface area contributed by atoms with Gasteiger partial charge in [0.2, 0.25) is 0 Å². The van der Waals surface area contributed by atoms with Crippen molar-refractivity contribution in [1.82, 2.24) is 0 Å². The number of rotatable bonds is 2. The van der Waals surface area contributed by atoms with E-state index in [1.54, 1.807) is 12.1 Å². The third-order valence-corrected chi connectivity index (χ3v) is 2.94. The first-order valence-electron chi connectivity index (χ1n) is 4.94. The SMILES string of the molecule is Cc1ccc(Nc2c(F)cccc2Br)cc1. The Morgan fingerprint density at radius 2 is 1.75 bits per heavy atom. The molecule has 0 saturated carbocycles. The van der Waals surface area contributed by atoms with Crippen molar-refractivity contribution in [1.29, 1.82) is 0 Å². The van der Waals surface area contributed by atoms with E-state index < -0.39 is 0 Å². The van der Waals surface area contributed by atoms with Gasteiger partial charge in [-0.05, 0) is 47.1 Å². The quantitative estimate of drug-likeness (QED) is 0.845. The average molecular weight is 280 g/mol.